The van der Waals surface area contributed by atoms with Crippen LogP contribution in [0.1, 0.15) is 35.2 Å². The van der Waals surface area contributed by atoms with Crippen LogP contribution in [-0.4, -0.2) is 58.7 Å². The number of nitrogens with zero attached hydrogens (tertiary/aromatic N) is 4. The maximum absolute atomic E-state index is 13.2. The third kappa shape index (κ3) is 3.54. The molecule has 2 saturated heterocycles. The van der Waals surface area contributed by atoms with Crippen LogP contribution in [0, 0.1) is 12.8 Å². The molecule has 150 valence electrons. The summed E-state index contributed by atoms with van der Waals surface area (Å²) in [5.41, 5.74) is 3.32. The highest BCUT2D eigenvalue weighted by atomic mass is 16.5. The van der Waals surface area contributed by atoms with Crippen molar-refractivity contribution in [1.82, 2.24) is 19.4 Å². The van der Waals surface area contributed by atoms with Gasteiger partial charge in [-0.05, 0) is 18.4 Å². The van der Waals surface area contributed by atoms with Crippen molar-refractivity contribution in [3.8, 4) is 0 Å². The Labute approximate surface area is 164 Å². The fourth-order valence-electron chi connectivity index (χ4n) is 5.05. The SMILES string of the molecule is Cc1nc(CN2C[C@@H]3C[C@H](C2)c2ccc(CN4CCOCC4)c(=O)n2C3)co1. The molecule has 0 unspecified atom stereocenters. The van der Waals surface area contributed by atoms with Crippen molar-refractivity contribution in [2.75, 3.05) is 39.4 Å². The third-order valence-electron chi connectivity index (χ3n) is 6.31. The highest BCUT2D eigenvalue weighted by Gasteiger charge is 2.35. The largest absolute Gasteiger partial charge is 0.449 e. The van der Waals surface area contributed by atoms with Crippen LogP contribution in [0.2, 0.25) is 0 Å². The second-order valence-electron chi connectivity index (χ2n) is 8.44. The Hall–Kier alpha value is -1.96. The third-order valence-corrected chi connectivity index (χ3v) is 6.31. The molecule has 0 saturated carbocycles. The van der Waals surface area contributed by atoms with Crippen molar-refractivity contribution in [2.24, 2.45) is 5.92 Å². The van der Waals surface area contributed by atoms with E-state index in [0.717, 1.165) is 76.2 Å². The first kappa shape index (κ1) is 18.1. The Bertz CT molecular complexity index is 899. The van der Waals surface area contributed by atoms with E-state index in [1.54, 1.807) is 6.26 Å². The van der Waals surface area contributed by atoms with Crippen LogP contribution in [0.15, 0.2) is 27.6 Å². The molecule has 2 fully saturated rings. The second kappa shape index (κ2) is 7.46. The number of hydrogen-bond donors (Lipinski definition) is 0. The first-order valence-corrected chi connectivity index (χ1v) is 10.3. The predicted octanol–water partition coefficient (Wildman–Crippen LogP) is 1.60. The number of aryl methyl sites for hydroxylation is 1. The number of fused-ring (bicyclic) bond motifs is 4. The van der Waals surface area contributed by atoms with Crippen LogP contribution in [0.3, 0.4) is 0 Å². The smallest absolute Gasteiger partial charge is 0.255 e. The minimum Gasteiger partial charge on any atom is -0.449 e. The molecule has 0 aromatic carbocycles. The number of ether oxygens (including phenoxy) is 1. The summed E-state index contributed by atoms with van der Waals surface area (Å²) in [4.78, 5) is 22.4. The van der Waals surface area contributed by atoms with Crippen LogP contribution < -0.4 is 5.56 Å². The van der Waals surface area contributed by atoms with Crippen molar-refractivity contribution in [3.05, 3.63) is 51.6 Å². The number of likely N-dealkylation sites (tertiary alicyclic amines) is 1. The summed E-state index contributed by atoms with van der Waals surface area (Å²) >= 11 is 0. The summed E-state index contributed by atoms with van der Waals surface area (Å²) in [5, 5.41) is 0. The normalized spacial score (nSPS) is 25.6. The van der Waals surface area contributed by atoms with E-state index < -0.39 is 0 Å². The van der Waals surface area contributed by atoms with E-state index in [1.807, 2.05) is 6.92 Å². The summed E-state index contributed by atoms with van der Waals surface area (Å²) in [6.07, 6.45) is 2.94. The van der Waals surface area contributed by atoms with Gasteiger partial charge in [0.05, 0.1) is 18.9 Å². The van der Waals surface area contributed by atoms with Gasteiger partial charge in [-0.2, -0.15) is 0 Å². The fourth-order valence-corrected chi connectivity index (χ4v) is 5.05. The fraction of sp³-hybridized carbons (Fsp3) is 0.619. The van der Waals surface area contributed by atoms with E-state index in [9.17, 15) is 4.79 Å². The number of oxazole rings is 1. The summed E-state index contributed by atoms with van der Waals surface area (Å²) in [6.45, 7) is 9.59. The van der Waals surface area contributed by atoms with E-state index >= 15 is 0 Å². The zero-order valence-electron chi connectivity index (χ0n) is 16.5. The van der Waals surface area contributed by atoms with Crippen LogP contribution in [0.4, 0.5) is 0 Å². The van der Waals surface area contributed by atoms with Gasteiger partial charge in [0, 0.05) is 69.9 Å². The molecule has 3 aliphatic rings. The first-order valence-electron chi connectivity index (χ1n) is 10.3. The summed E-state index contributed by atoms with van der Waals surface area (Å²) in [5.74, 6) is 1.66. The van der Waals surface area contributed by atoms with Gasteiger partial charge in [0.2, 0.25) is 0 Å². The molecule has 7 nitrogen and oxygen atoms in total. The highest BCUT2D eigenvalue weighted by Crippen LogP contribution is 2.35. The molecular weight excluding hydrogens is 356 g/mol. The van der Waals surface area contributed by atoms with Crippen molar-refractivity contribution in [2.45, 2.75) is 38.9 Å². The maximum Gasteiger partial charge on any atom is 0.255 e. The lowest BCUT2D eigenvalue weighted by Gasteiger charge is -2.42. The molecule has 2 atom stereocenters. The monoisotopic (exact) mass is 384 g/mol. The zero-order valence-corrected chi connectivity index (χ0v) is 16.5. The van der Waals surface area contributed by atoms with Crippen LogP contribution in [0.5, 0.6) is 0 Å². The molecule has 0 N–H and O–H groups in total. The Morgan fingerprint density at radius 2 is 1.96 bits per heavy atom. The lowest BCUT2D eigenvalue weighted by molar-refractivity contribution is 0.0338. The van der Waals surface area contributed by atoms with Crippen molar-refractivity contribution >= 4 is 0 Å². The maximum atomic E-state index is 13.2. The average Bonchev–Trinajstić information content (AvgIpc) is 3.10. The van der Waals surface area contributed by atoms with Gasteiger partial charge >= 0.3 is 0 Å². The second-order valence-corrected chi connectivity index (χ2v) is 8.44. The Morgan fingerprint density at radius 1 is 1.11 bits per heavy atom. The van der Waals surface area contributed by atoms with E-state index in [1.165, 1.54) is 12.1 Å². The minimum absolute atomic E-state index is 0.208. The molecule has 7 heteroatoms. The number of piperidine rings is 1. The predicted molar refractivity (Wildman–Crippen MR) is 104 cm³/mol. The van der Waals surface area contributed by atoms with Crippen LogP contribution in [-0.2, 0) is 24.4 Å². The highest BCUT2D eigenvalue weighted by molar-refractivity contribution is 5.22. The molecule has 3 aliphatic heterocycles. The van der Waals surface area contributed by atoms with Gasteiger partial charge in [0.1, 0.15) is 6.26 Å². The van der Waals surface area contributed by atoms with Crippen LogP contribution >= 0.6 is 0 Å². The average molecular weight is 384 g/mol. The van der Waals surface area contributed by atoms with E-state index in [2.05, 4.69) is 31.5 Å². The van der Waals surface area contributed by atoms with E-state index in [-0.39, 0.29) is 5.56 Å². The molecule has 2 aromatic rings. The summed E-state index contributed by atoms with van der Waals surface area (Å²) < 4.78 is 12.8. The molecule has 0 radical (unpaired) electrons. The molecule has 28 heavy (non-hydrogen) atoms. The number of pyridine rings is 1. The number of morpholine rings is 1. The number of aromatic nitrogens is 2. The van der Waals surface area contributed by atoms with Crippen molar-refractivity contribution < 1.29 is 9.15 Å². The van der Waals surface area contributed by atoms with Gasteiger partial charge in [0.15, 0.2) is 5.89 Å². The van der Waals surface area contributed by atoms with Crippen molar-refractivity contribution in [1.29, 1.82) is 0 Å². The van der Waals surface area contributed by atoms with E-state index in [0.29, 0.717) is 11.8 Å². The molecule has 0 amide bonds. The van der Waals surface area contributed by atoms with Crippen molar-refractivity contribution in [3.63, 3.8) is 0 Å². The topological polar surface area (TPSA) is 63.7 Å². The minimum atomic E-state index is 0.208. The summed E-state index contributed by atoms with van der Waals surface area (Å²) in [7, 11) is 0. The lowest BCUT2D eigenvalue weighted by atomic mass is 9.83. The molecule has 2 bridgehead atoms. The Balaban J connectivity index is 1.34. The molecule has 0 spiro atoms. The molecule has 5 rings (SSSR count). The quantitative estimate of drug-likeness (QED) is 0.798. The zero-order chi connectivity index (χ0) is 19.1. The number of rotatable bonds is 4. The van der Waals surface area contributed by atoms with Gasteiger partial charge in [-0.15, -0.1) is 0 Å². The number of hydrogen-bond acceptors (Lipinski definition) is 6. The molecule has 5 heterocycles. The van der Waals surface area contributed by atoms with Gasteiger partial charge in [0.25, 0.3) is 5.56 Å². The standard InChI is InChI=1S/C21H28N4O3/c1-15-22-19(14-28-15)13-24-9-16-8-18(12-24)20-3-2-17(21(26)25(20)10-16)11-23-4-6-27-7-5-23/h2-3,14,16,18H,4-13H2,1H3/t16-,18+/m0/s1. The van der Waals surface area contributed by atoms with Crippen LogP contribution in [0.25, 0.3) is 0 Å². The van der Waals surface area contributed by atoms with E-state index in [4.69, 9.17) is 9.15 Å². The molecular formula is C21H28N4O3. The van der Waals surface area contributed by atoms with Gasteiger partial charge in [-0.3, -0.25) is 14.6 Å². The molecule has 0 aliphatic carbocycles. The Kier molecular flexibility index (Phi) is 4.82. The van der Waals surface area contributed by atoms with Gasteiger partial charge in [-0.25, -0.2) is 4.98 Å². The Morgan fingerprint density at radius 3 is 2.75 bits per heavy atom. The first-order chi connectivity index (χ1) is 13.7. The lowest BCUT2D eigenvalue weighted by Crippen LogP contribution is -2.47. The summed E-state index contributed by atoms with van der Waals surface area (Å²) in [6, 6.07) is 4.26. The van der Waals surface area contributed by atoms with Gasteiger partial charge < -0.3 is 13.7 Å². The molecule has 2 aromatic heterocycles. The van der Waals surface area contributed by atoms with Gasteiger partial charge in [-0.1, -0.05) is 6.07 Å².